The number of rotatable bonds is 1. The van der Waals surface area contributed by atoms with E-state index in [9.17, 15) is 0 Å². The molecule has 1 heteroatoms. The third-order valence-electron chi connectivity index (χ3n) is 0.354. The third kappa shape index (κ3) is 2.71. The van der Waals surface area contributed by atoms with Crippen molar-refractivity contribution in [3.05, 3.63) is 0 Å². The molecular weight excluding hydrogens is 83.9 g/mol. The molecule has 0 spiro atoms. The Balaban J connectivity index is 1.97. The van der Waals surface area contributed by atoms with Gasteiger partial charge < -0.3 is 0 Å². The minimum atomic E-state index is 0.514. The van der Waals surface area contributed by atoms with Crippen LogP contribution in [0.3, 0.4) is 0 Å². The predicted octanol–water partition coefficient (Wildman–Crippen LogP) is 1.56. The fraction of sp³-hybridized carbons (Fsp3) is 1.00. The first kappa shape index (κ1) is 4.71. The van der Waals surface area contributed by atoms with Crippen LogP contribution in [0.1, 0.15) is 6.92 Å². The van der Waals surface area contributed by atoms with Crippen molar-refractivity contribution in [1.82, 2.24) is 0 Å². The molecule has 0 amide bonds. The van der Waals surface area contributed by atoms with Gasteiger partial charge in [0, 0.05) is 0 Å². The second-order valence-corrected chi connectivity index (χ2v) is 2.92. The first-order chi connectivity index (χ1) is 1.91. The van der Waals surface area contributed by atoms with Crippen molar-refractivity contribution in [1.29, 1.82) is 0 Å². The van der Waals surface area contributed by atoms with Crippen molar-refractivity contribution in [2.24, 2.45) is 0 Å². The van der Waals surface area contributed by atoms with Gasteiger partial charge in [0.05, 0.1) is 0 Å². The van der Waals surface area contributed by atoms with Crippen LogP contribution in [0.15, 0.2) is 0 Å². The van der Waals surface area contributed by atoms with Crippen molar-refractivity contribution in [2.45, 2.75) is 16.9 Å². The van der Waals surface area contributed by atoms with Crippen LogP contribution in [0.25, 0.3) is 0 Å². The van der Waals surface area contributed by atoms with E-state index in [4.69, 9.17) is 0 Å². The molecule has 0 bridgehead atoms. The summed E-state index contributed by atoms with van der Waals surface area (Å²) in [5, 5.41) is 2.31. The van der Waals surface area contributed by atoms with Gasteiger partial charge in [-0.2, -0.15) is 0 Å². The van der Waals surface area contributed by atoms with E-state index in [0.717, 1.165) is 0 Å². The van der Waals surface area contributed by atoms with Gasteiger partial charge in [-0.25, -0.2) is 0 Å². The van der Waals surface area contributed by atoms with Crippen molar-refractivity contribution < 1.29 is 19.2 Å². The Morgan fingerprint density at radius 3 is 2.00 bits per heavy atom. The Hall–Kier alpha value is 0.714. The van der Waals surface area contributed by atoms with Gasteiger partial charge in [0.25, 0.3) is 0 Å². The SMILES string of the molecule is C[CH2][Ti][CH3]. The van der Waals surface area contributed by atoms with Crippen LogP contribution in [-0.2, 0) is 19.2 Å². The van der Waals surface area contributed by atoms with Crippen LogP contribution >= 0.6 is 0 Å². The summed E-state index contributed by atoms with van der Waals surface area (Å²) in [6.45, 7) is 2.24. The summed E-state index contributed by atoms with van der Waals surface area (Å²) in [4.78, 5) is 0. The summed E-state index contributed by atoms with van der Waals surface area (Å²) < 4.78 is 1.44. The molecule has 0 fully saturated rings. The number of hydrogen-bond donors (Lipinski definition) is 0. The van der Waals surface area contributed by atoms with Gasteiger partial charge in [0.15, 0.2) is 0 Å². The molecule has 0 aromatic heterocycles. The molecule has 0 heterocycles. The van der Waals surface area contributed by atoms with E-state index in [1.165, 1.54) is 4.73 Å². The van der Waals surface area contributed by atoms with Crippen LogP contribution in [0.5, 0.6) is 0 Å². The Morgan fingerprint density at radius 1 is 1.75 bits per heavy atom. The quantitative estimate of drug-likeness (QED) is 0.430. The summed E-state index contributed by atoms with van der Waals surface area (Å²) in [5.74, 6) is 0. The van der Waals surface area contributed by atoms with Gasteiger partial charge in [-0.05, 0) is 0 Å². The molecule has 0 saturated heterocycles. The van der Waals surface area contributed by atoms with Crippen molar-refractivity contribution in [2.75, 3.05) is 0 Å². The molecule has 0 atom stereocenters. The molecule has 0 rings (SSSR count). The average molecular weight is 92.0 g/mol. The van der Waals surface area contributed by atoms with Gasteiger partial charge in [-0.15, -0.1) is 0 Å². The Bertz CT molecular complexity index is 5.25. The van der Waals surface area contributed by atoms with Crippen molar-refractivity contribution in [3.8, 4) is 0 Å². The molecule has 0 nitrogen and oxygen atoms in total. The summed E-state index contributed by atoms with van der Waals surface area (Å²) in [6.07, 6.45) is 0. The first-order valence-corrected chi connectivity index (χ1v) is 4.23. The summed E-state index contributed by atoms with van der Waals surface area (Å²) in [6, 6.07) is 0. The fourth-order valence-corrected chi connectivity index (χ4v) is 0. The zero-order chi connectivity index (χ0) is 3.41. The zero-order valence-corrected chi connectivity index (χ0v) is 4.77. The molecule has 0 aromatic carbocycles. The van der Waals surface area contributed by atoms with Gasteiger partial charge in [0.1, 0.15) is 0 Å². The van der Waals surface area contributed by atoms with Crippen molar-refractivity contribution >= 4 is 0 Å². The van der Waals surface area contributed by atoms with E-state index in [0.29, 0.717) is 19.2 Å². The molecule has 0 aromatic rings. The van der Waals surface area contributed by atoms with Crippen LogP contribution in [0.2, 0.25) is 9.95 Å². The first-order valence-electron chi connectivity index (χ1n) is 1.56. The van der Waals surface area contributed by atoms with Gasteiger partial charge in [0.2, 0.25) is 0 Å². The maximum atomic E-state index is 2.31. The number of hydrogen-bond acceptors (Lipinski definition) is 0. The predicted molar refractivity (Wildman–Crippen MR) is 16.3 cm³/mol. The molecule has 0 aliphatic heterocycles. The van der Waals surface area contributed by atoms with Crippen LogP contribution in [0.4, 0.5) is 0 Å². The molecule has 0 N–H and O–H groups in total. The summed E-state index contributed by atoms with van der Waals surface area (Å²) in [7, 11) is 0. The summed E-state index contributed by atoms with van der Waals surface area (Å²) >= 11 is 0.514. The van der Waals surface area contributed by atoms with Crippen LogP contribution < -0.4 is 0 Å². The van der Waals surface area contributed by atoms with Gasteiger partial charge in [-0.3, -0.25) is 0 Å². The van der Waals surface area contributed by atoms with Gasteiger partial charge >= 0.3 is 36.0 Å². The summed E-state index contributed by atoms with van der Waals surface area (Å²) in [5.41, 5.74) is 0. The third-order valence-corrected chi connectivity index (χ3v) is 1.46. The van der Waals surface area contributed by atoms with Crippen LogP contribution in [-0.4, -0.2) is 0 Å². The molecule has 0 unspecified atom stereocenters. The normalized spacial score (nSPS) is 6.50. The molecule has 0 radical (unpaired) electrons. The monoisotopic (exact) mass is 92.0 g/mol. The van der Waals surface area contributed by atoms with E-state index in [-0.39, 0.29) is 0 Å². The zero-order valence-electron chi connectivity index (χ0n) is 3.21. The van der Waals surface area contributed by atoms with Gasteiger partial charge in [-0.1, -0.05) is 0 Å². The minimum absolute atomic E-state index is 0.514. The molecular formula is C3H8Ti. The standard InChI is InChI=1S/C2H5.CH3.Ti/c1-2;;/h1H2,2H3;1H3;. The maximum absolute atomic E-state index is 2.31. The Morgan fingerprint density at radius 2 is 2.00 bits per heavy atom. The Kier molecular flexibility index (Phi) is 4.38. The second kappa shape index (κ2) is 3.71. The molecule has 0 aliphatic carbocycles. The topological polar surface area (TPSA) is 0 Å². The van der Waals surface area contributed by atoms with E-state index in [2.05, 4.69) is 12.2 Å². The molecule has 4 heavy (non-hydrogen) atoms. The van der Waals surface area contributed by atoms with E-state index in [1.54, 1.807) is 0 Å². The van der Waals surface area contributed by atoms with Crippen molar-refractivity contribution in [3.63, 3.8) is 0 Å². The average Bonchev–Trinajstić information content (AvgIpc) is 1.37. The molecule has 0 aliphatic rings. The molecule has 24 valence electrons. The molecule has 0 saturated carbocycles. The van der Waals surface area contributed by atoms with Crippen LogP contribution in [0, 0.1) is 0 Å². The van der Waals surface area contributed by atoms with E-state index >= 15 is 0 Å². The van der Waals surface area contributed by atoms with E-state index < -0.39 is 0 Å². The Labute approximate surface area is 36.5 Å². The fourth-order valence-electron chi connectivity index (χ4n) is 0. The second-order valence-electron chi connectivity index (χ2n) is 0.707. The van der Waals surface area contributed by atoms with E-state index in [1.807, 2.05) is 0 Å².